The largest absolute Gasteiger partial charge is 0.491 e. The minimum atomic E-state index is 0.654. The van der Waals surface area contributed by atoms with Crippen molar-refractivity contribution in [3.63, 3.8) is 0 Å². The summed E-state index contributed by atoms with van der Waals surface area (Å²) in [6, 6.07) is 6.17. The molecule has 3 heteroatoms. The summed E-state index contributed by atoms with van der Waals surface area (Å²) in [5, 5.41) is 0. The summed E-state index contributed by atoms with van der Waals surface area (Å²) in [6.45, 7) is 7.30. The van der Waals surface area contributed by atoms with Gasteiger partial charge in [-0.05, 0) is 30.8 Å². The molecule has 0 spiro atoms. The van der Waals surface area contributed by atoms with E-state index >= 15 is 0 Å². The Bertz CT molecular complexity index is 438. The van der Waals surface area contributed by atoms with Crippen LogP contribution >= 0.6 is 0 Å². The second kappa shape index (κ2) is 4.39. The van der Waals surface area contributed by atoms with Crippen molar-refractivity contribution >= 4 is 5.84 Å². The third kappa shape index (κ3) is 1.81. The van der Waals surface area contributed by atoms with E-state index in [1.165, 1.54) is 5.56 Å². The van der Waals surface area contributed by atoms with Gasteiger partial charge in [0, 0.05) is 7.05 Å². The van der Waals surface area contributed by atoms with E-state index in [0.717, 1.165) is 23.7 Å². The van der Waals surface area contributed by atoms with Gasteiger partial charge >= 0.3 is 0 Å². The molecule has 0 amide bonds. The lowest BCUT2D eigenvalue weighted by atomic mass is 10.1. The number of hydrogen-bond acceptors (Lipinski definition) is 2. The number of amidine groups is 1. The Hall–Kier alpha value is -1.77. The van der Waals surface area contributed by atoms with Crippen molar-refractivity contribution in [3.05, 3.63) is 42.1 Å². The molecule has 0 fully saturated rings. The van der Waals surface area contributed by atoms with Crippen LogP contribution in [0.15, 0.2) is 36.0 Å². The molecule has 0 atom stereocenters. The van der Waals surface area contributed by atoms with E-state index in [9.17, 15) is 0 Å². The number of rotatable bonds is 1. The van der Waals surface area contributed by atoms with Crippen LogP contribution in [0.4, 0.5) is 0 Å². The number of fused-ring (bicyclic) bond motifs is 1. The highest BCUT2D eigenvalue weighted by Crippen LogP contribution is 2.24. The van der Waals surface area contributed by atoms with Crippen LogP contribution in [0.2, 0.25) is 0 Å². The number of ether oxygens (including phenoxy) is 1. The monoisotopic (exact) mass is 216 g/mol. The van der Waals surface area contributed by atoms with E-state index in [1.807, 2.05) is 11.0 Å². The second-order valence-corrected chi connectivity index (χ2v) is 3.77. The van der Waals surface area contributed by atoms with Crippen LogP contribution in [-0.2, 0) is 0 Å². The van der Waals surface area contributed by atoms with Gasteiger partial charge in [0.25, 0.3) is 0 Å². The van der Waals surface area contributed by atoms with Crippen LogP contribution in [0, 0.1) is 6.92 Å². The van der Waals surface area contributed by atoms with Crippen LogP contribution < -0.4 is 4.74 Å². The highest BCUT2D eigenvalue weighted by molar-refractivity contribution is 6.02. The predicted molar refractivity (Wildman–Crippen MR) is 66.0 cm³/mol. The fourth-order valence-electron chi connectivity index (χ4n) is 1.87. The molecule has 0 N–H and O–H groups in total. The molecular formula is C13H16N2O. The summed E-state index contributed by atoms with van der Waals surface area (Å²) in [5.41, 5.74) is 2.23. The van der Waals surface area contributed by atoms with Crippen LogP contribution in [0.25, 0.3) is 0 Å². The molecule has 0 saturated carbocycles. The van der Waals surface area contributed by atoms with E-state index in [1.54, 1.807) is 13.2 Å². The van der Waals surface area contributed by atoms with Crippen LogP contribution in [0.1, 0.15) is 11.1 Å². The van der Waals surface area contributed by atoms with Crippen molar-refractivity contribution in [3.8, 4) is 5.75 Å². The van der Waals surface area contributed by atoms with Gasteiger partial charge < -0.3 is 9.64 Å². The highest BCUT2D eigenvalue weighted by Gasteiger charge is 2.19. The minimum absolute atomic E-state index is 0.654. The molecule has 1 heterocycles. The van der Waals surface area contributed by atoms with Crippen molar-refractivity contribution in [2.45, 2.75) is 6.92 Å². The Balaban J connectivity index is 2.53. The smallest absolute Gasteiger partial charge is 0.138 e. The van der Waals surface area contributed by atoms with Gasteiger partial charge in [-0.2, -0.15) is 0 Å². The second-order valence-electron chi connectivity index (χ2n) is 3.77. The predicted octanol–water partition coefficient (Wildman–Crippen LogP) is 2.21. The Morgan fingerprint density at radius 2 is 2.31 bits per heavy atom. The summed E-state index contributed by atoms with van der Waals surface area (Å²) in [7, 11) is 1.79. The Kier molecular flexibility index (Phi) is 2.95. The summed E-state index contributed by atoms with van der Waals surface area (Å²) < 4.78 is 5.72. The van der Waals surface area contributed by atoms with Gasteiger partial charge in [0.05, 0.1) is 12.1 Å². The molecule has 0 radical (unpaired) electrons. The molecule has 0 unspecified atom stereocenters. The maximum absolute atomic E-state index is 5.72. The molecule has 0 saturated heterocycles. The van der Waals surface area contributed by atoms with Gasteiger partial charge in [-0.3, -0.25) is 4.99 Å². The van der Waals surface area contributed by atoms with Gasteiger partial charge in [0.2, 0.25) is 0 Å². The first-order valence-electron chi connectivity index (χ1n) is 5.36. The van der Waals surface area contributed by atoms with Crippen molar-refractivity contribution in [1.29, 1.82) is 0 Å². The van der Waals surface area contributed by atoms with Crippen molar-refractivity contribution < 1.29 is 4.74 Å². The molecule has 0 aliphatic carbocycles. The zero-order chi connectivity index (χ0) is 11.5. The van der Waals surface area contributed by atoms with Crippen molar-refractivity contribution in [1.82, 2.24) is 4.90 Å². The molecule has 1 aromatic rings. The molecule has 1 aliphatic rings. The maximum atomic E-state index is 5.72. The fourth-order valence-corrected chi connectivity index (χ4v) is 1.87. The average molecular weight is 216 g/mol. The van der Waals surface area contributed by atoms with Crippen LogP contribution in [0.5, 0.6) is 5.75 Å². The van der Waals surface area contributed by atoms with E-state index in [2.05, 4.69) is 30.6 Å². The molecule has 16 heavy (non-hydrogen) atoms. The maximum Gasteiger partial charge on any atom is 0.138 e. The van der Waals surface area contributed by atoms with E-state index in [4.69, 9.17) is 4.74 Å². The normalized spacial score (nSPS) is 17.6. The zero-order valence-electron chi connectivity index (χ0n) is 9.73. The molecule has 84 valence electrons. The number of aryl methyl sites for hydroxylation is 1. The molecule has 0 aromatic heterocycles. The SMILES string of the molecule is C=CN1CCOc2cc(C)ccc2C1=NC. The summed E-state index contributed by atoms with van der Waals surface area (Å²) >= 11 is 0. The molecule has 0 bridgehead atoms. The number of benzene rings is 1. The van der Waals surface area contributed by atoms with Crippen molar-refractivity contribution in [2.24, 2.45) is 4.99 Å². The first-order valence-corrected chi connectivity index (χ1v) is 5.36. The molecular weight excluding hydrogens is 200 g/mol. The van der Waals surface area contributed by atoms with Gasteiger partial charge in [-0.1, -0.05) is 12.6 Å². The zero-order valence-corrected chi connectivity index (χ0v) is 9.73. The summed E-state index contributed by atoms with van der Waals surface area (Å²) in [4.78, 5) is 6.34. The highest BCUT2D eigenvalue weighted by atomic mass is 16.5. The van der Waals surface area contributed by atoms with Gasteiger partial charge in [0.1, 0.15) is 18.2 Å². The Morgan fingerprint density at radius 1 is 1.50 bits per heavy atom. The lowest BCUT2D eigenvalue weighted by Crippen LogP contribution is -2.27. The number of aliphatic imine (C=N–C) groups is 1. The fraction of sp³-hybridized carbons (Fsp3) is 0.308. The van der Waals surface area contributed by atoms with Crippen LogP contribution in [0.3, 0.4) is 0 Å². The third-order valence-electron chi connectivity index (χ3n) is 2.67. The lowest BCUT2D eigenvalue weighted by molar-refractivity contribution is 0.301. The molecule has 1 aliphatic heterocycles. The summed E-state index contributed by atoms with van der Waals surface area (Å²) in [6.07, 6.45) is 1.79. The number of nitrogens with zero attached hydrogens (tertiary/aromatic N) is 2. The first kappa shape index (κ1) is 10.7. The van der Waals surface area contributed by atoms with Gasteiger partial charge in [0.15, 0.2) is 0 Å². The minimum Gasteiger partial charge on any atom is -0.491 e. The van der Waals surface area contributed by atoms with Crippen molar-refractivity contribution in [2.75, 3.05) is 20.2 Å². The topological polar surface area (TPSA) is 24.8 Å². The van der Waals surface area contributed by atoms with E-state index in [-0.39, 0.29) is 0 Å². The molecule has 2 rings (SSSR count). The van der Waals surface area contributed by atoms with Crippen LogP contribution in [-0.4, -0.2) is 30.9 Å². The van der Waals surface area contributed by atoms with E-state index < -0.39 is 0 Å². The Labute approximate surface area is 96.1 Å². The first-order chi connectivity index (χ1) is 7.76. The summed E-state index contributed by atoms with van der Waals surface area (Å²) in [5.74, 6) is 1.83. The Morgan fingerprint density at radius 3 is 3.00 bits per heavy atom. The van der Waals surface area contributed by atoms with Gasteiger partial charge in [-0.15, -0.1) is 0 Å². The lowest BCUT2D eigenvalue weighted by Gasteiger charge is -2.18. The standard InChI is InChI=1S/C13H16N2O/c1-4-15-7-8-16-12-9-10(2)5-6-11(12)13(15)14-3/h4-6,9H,1,7-8H2,2-3H3. The van der Waals surface area contributed by atoms with Gasteiger partial charge in [-0.25, -0.2) is 0 Å². The van der Waals surface area contributed by atoms with E-state index in [0.29, 0.717) is 6.61 Å². The molecule has 3 nitrogen and oxygen atoms in total. The molecule has 1 aromatic carbocycles. The third-order valence-corrected chi connectivity index (χ3v) is 2.67. The number of hydrogen-bond donors (Lipinski definition) is 0. The average Bonchev–Trinajstić information content (AvgIpc) is 2.46. The quantitative estimate of drug-likeness (QED) is 0.719.